The molecule has 0 bridgehead atoms. The van der Waals surface area contributed by atoms with Crippen molar-refractivity contribution in [3.05, 3.63) is 109 Å². The summed E-state index contributed by atoms with van der Waals surface area (Å²) in [5.74, 6) is 0. The van der Waals surface area contributed by atoms with E-state index in [1.165, 1.54) is 0 Å². The standard InChI is InChI=1S/C22H19N/c1-2-3-11-19-12-10-17-22(18-19)23(20-13-6-4-7-14-20)21-15-8-5-9-16-21/h2-18H,1H2/b11-3-. The van der Waals surface area contributed by atoms with E-state index in [9.17, 15) is 0 Å². The molecule has 0 radical (unpaired) electrons. The fourth-order valence-electron chi connectivity index (χ4n) is 2.55. The molecule has 0 aromatic heterocycles. The molecule has 0 aliphatic rings. The van der Waals surface area contributed by atoms with E-state index in [-0.39, 0.29) is 0 Å². The zero-order valence-corrected chi connectivity index (χ0v) is 13.0. The number of rotatable bonds is 5. The first-order chi connectivity index (χ1) is 11.4. The number of para-hydroxylation sites is 2. The molecule has 1 heteroatoms. The molecular weight excluding hydrogens is 278 g/mol. The molecule has 3 rings (SSSR count). The molecule has 0 spiro atoms. The van der Waals surface area contributed by atoms with Crippen LogP contribution in [-0.4, -0.2) is 0 Å². The molecule has 0 saturated carbocycles. The summed E-state index contributed by atoms with van der Waals surface area (Å²) in [6.45, 7) is 3.73. The Bertz CT molecular complexity index is 749. The van der Waals surface area contributed by atoms with Gasteiger partial charge < -0.3 is 4.90 Å². The fraction of sp³-hybridized carbons (Fsp3) is 0. The van der Waals surface area contributed by atoms with Crippen molar-refractivity contribution in [1.82, 2.24) is 0 Å². The Morgan fingerprint density at radius 2 is 1.22 bits per heavy atom. The van der Waals surface area contributed by atoms with Gasteiger partial charge in [-0.25, -0.2) is 0 Å². The summed E-state index contributed by atoms with van der Waals surface area (Å²) < 4.78 is 0. The van der Waals surface area contributed by atoms with Crippen LogP contribution >= 0.6 is 0 Å². The molecule has 0 atom stereocenters. The number of nitrogens with zero attached hydrogens (tertiary/aromatic N) is 1. The monoisotopic (exact) mass is 297 g/mol. The Kier molecular flexibility index (Phi) is 4.70. The molecule has 3 aromatic carbocycles. The van der Waals surface area contributed by atoms with Crippen LogP contribution < -0.4 is 4.90 Å². The van der Waals surface area contributed by atoms with Crippen LogP contribution in [0.2, 0.25) is 0 Å². The van der Waals surface area contributed by atoms with Crippen molar-refractivity contribution in [2.24, 2.45) is 0 Å². The van der Waals surface area contributed by atoms with Gasteiger partial charge in [-0.1, -0.05) is 73.3 Å². The SMILES string of the molecule is C=C/C=C\c1cccc(N(c2ccccc2)c2ccccc2)c1. The van der Waals surface area contributed by atoms with E-state index in [1.54, 1.807) is 6.08 Å². The van der Waals surface area contributed by atoms with Crippen LogP contribution in [0.3, 0.4) is 0 Å². The van der Waals surface area contributed by atoms with Crippen LogP contribution in [0.25, 0.3) is 6.08 Å². The Balaban J connectivity index is 2.09. The highest BCUT2D eigenvalue weighted by Crippen LogP contribution is 2.34. The van der Waals surface area contributed by atoms with Gasteiger partial charge in [0.15, 0.2) is 0 Å². The third-order valence-corrected chi connectivity index (χ3v) is 3.58. The zero-order chi connectivity index (χ0) is 15.9. The Morgan fingerprint density at radius 1 is 0.652 bits per heavy atom. The molecule has 0 fully saturated rings. The third-order valence-electron chi connectivity index (χ3n) is 3.58. The fourth-order valence-corrected chi connectivity index (χ4v) is 2.55. The van der Waals surface area contributed by atoms with E-state index in [0.717, 1.165) is 22.6 Å². The molecule has 0 amide bonds. The Hall–Kier alpha value is -3.06. The van der Waals surface area contributed by atoms with Crippen molar-refractivity contribution < 1.29 is 0 Å². The van der Waals surface area contributed by atoms with Crippen LogP contribution in [0, 0.1) is 0 Å². The van der Waals surface area contributed by atoms with Crippen LogP contribution in [0.1, 0.15) is 5.56 Å². The third kappa shape index (κ3) is 3.58. The van der Waals surface area contributed by atoms with Crippen molar-refractivity contribution in [1.29, 1.82) is 0 Å². The van der Waals surface area contributed by atoms with E-state index in [2.05, 4.69) is 90.4 Å². The summed E-state index contributed by atoms with van der Waals surface area (Å²) in [6, 6.07) is 29.3. The maximum atomic E-state index is 3.73. The number of hydrogen-bond acceptors (Lipinski definition) is 1. The Labute approximate surface area is 137 Å². The van der Waals surface area contributed by atoms with E-state index < -0.39 is 0 Å². The van der Waals surface area contributed by atoms with Gasteiger partial charge in [-0.05, 0) is 42.0 Å². The van der Waals surface area contributed by atoms with Gasteiger partial charge in [-0.15, -0.1) is 0 Å². The number of benzene rings is 3. The summed E-state index contributed by atoms with van der Waals surface area (Å²) in [6.07, 6.45) is 5.80. The van der Waals surface area contributed by atoms with E-state index >= 15 is 0 Å². The first-order valence-corrected chi connectivity index (χ1v) is 7.68. The minimum Gasteiger partial charge on any atom is -0.310 e. The first kappa shape index (κ1) is 14.9. The van der Waals surface area contributed by atoms with Crippen molar-refractivity contribution >= 4 is 23.1 Å². The first-order valence-electron chi connectivity index (χ1n) is 7.68. The summed E-state index contributed by atoms with van der Waals surface area (Å²) in [5, 5.41) is 0. The van der Waals surface area contributed by atoms with E-state index in [0.29, 0.717) is 0 Å². The van der Waals surface area contributed by atoms with Crippen molar-refractivity contribution in [2.45, 2.75) is 0 Å². The average molecular weight is 297 g/mol. The Morgan fingerprint density at radius 3 is 1.78 bits per heavy atom. The maximum absolute atomic E-state index is 3.73. The minimum absolute atomic E-state index is 1.13. The number of anilines is 3. The molecule has 0 unspecified atom stereocenters. The topological polar surface area (TPSA) is 3.24 Å². The molecular formula is C22H19N. The van der Waals surface area contributed by atoms with E-state index in [4.69, 9.17) is 0 Å². The molecule has 0 saturated heterocycles. The lowest BCUT2D eigenvalue weighted by Crippen LogP contribution is -2.09. The summed E-state index contributed by atoms with van der Waals surface area (Å²) in [4.78, 5) is 2.26. The molecule has 3 aromatic rings. The number of hydrogen-bond donors (Lipinski definition) is 0. The van der Waals surface area contributed by atoms with Crippen molar-refractivity contribution in [3.63, 3.8) is 0 Å². The van der Waals surface area contributed by atoms with Gasteiger partial charge in [0, 0.05) is 17.1 Å². The molecule has 23 heavy (non-hydrogen) atoms. The molecule has 0 N–H and O–H groups in total. The quantitative estimate of drug-likeness (QED) is 0.495. The van der Waals surface area contributed by atoms with E-state index in [1.807, 2.05) is 18.2 Å². The minimum atomic E-state index is 1.13. The lowest BCUT2D eigenvalue weighted by Gasteiger charge is -2.25. The van der Waals surface area contributed by atoms with Gasteiger partial charge in [0.25, 0.3) is 0 Å². The van der Waals surface area contributed by atoms with Gasteiger partial charge in [0.1, 0.15) is 0 Å². The lowest BCUT2D eigenvalue weighted by atomic mass is 10.1. The maximum Gasteiger partial charge on any atom is 0.0467 e. The van der Waals surface area contributed by atoms with Gasteiger partial charge >= 0.3 is 0 Å². The second-order valence-corrected chi connectivity index (χ2v) is 5.20. The predicted octanol–water partition coefficient (Wildman–Crippen LogP) is 6.36. The van der Waals surface area contributed by atoms with Crippen LogP contribution in [-0.2, 0) is 0 Å². The lowest BCUT2D eigenvalue weighted by molar-refractivity contribution is 1.28. The number of allylic oxidation sites excluding steroid dienone is 2. The molecule has 0 aliphatic carbocycles. The van der Waals surface area contributed by atoms with Crippen molar-refractivity contribution in [2.75, 3.05) is 4.90 Å². The van der Waals surface area contributed by atoms with Gasteiger partial charge in [0.05, 0.1) is 0 Å². The highest BCUT2D eigenvalue weighted by Gasteiger charge is 2.11. The molecule has 0 heterocycles. The largest absolute Gasteiger partial charge is 0.310 e. The average Bonchev–Trinajstić information content (AvgIpc) is 2.62. The van der Waals surface area contributed by atoms with Crippen molar-refractivity contribution in [3.8, 4) is 0 Å². The molecule has 0 aliphatic heterocycles. The zero-order valence-electron chi connectivity index (χ0n) is 13.0. The molecule has 112 valence electrons. The normalized spacial score (nSPS) is 10.6. The summed E-state index contributed by atoms with van der Waals surface area (Å²) in [5.41, 5.74) is 4.57. The smallest absolute Gasteiger partial charge is 0.0467 e. The summed E-state index contributed by atoms with van der Waals surface area (Å²) in [7, 11) is 0. The molecule has 1 nitrogen and oxygen atoms in total. The highest BCUT2D eigenvalue weighted by atomic mass is 15.1. The van der Waals surface area contributed by atoms with Crippen LogP contribution in [0.15, 0.2) is 104 Å². The second-order valence-electron chi connectivity index (χ2n) is 5.20. The highest BCUT2D eigenvalue weighted by molar-refractivity contribution is 5.77. The van der Waals surface area contributed by atoms with Gasteiger partial charge in [-0.3, -0.25) is 0 Å². The van der Waals surface area contributed by atoms with Crippen LogP contribution in [0.4, 0.5) is 17.1 Å². The second kappa shape index (κ2) is 7.28. The summed E-state index contributed by atoms with van der Waals surface area (Å²) >= 11 is 0. The van der Waals surface area contributed by atoms with Crippen LogP contribution in [0.5, 0.6) is 0 Å². The predicted molar refractivity (Wildman–Crippen MR) is 100 cm³/mol. The van der Waals surface area contributed by atoms with Gasteiger partial charge in [0.2, 0.25) is 0 Å². The van der Waals surface area contributed by atoms with Gasteiger partial charge in [-0.2, -0.15) is 0 Å².